The molecule has 0 aromatic heterocycles. The molecular weight excluding hydrogens is 310 g/mol. The Hall–Kier alpha value is -1.07. The van der Waals surface area contributed by atoms with E-state index in [1.807, 2.05) is 30.0 Å². The predicted molar refractivity (Wildman–Crippen MR) is 77.0 cm³/mol. The summed E-state index contributed by atoms with van der Waals surface area (Å²) in [6, 6.07) is 7.25. The van der Waals surface area contributed by atoms with Gasteiger partial charge in [0.05, 0.1) is 19.3 Å². The minimum atomic E-state index is 0.0278. The number of carbonyl (C=O) groups excluding carboxylic acids is 1. The van der Waals surface area contributed by atoms with Gasteiger partial charge in [-0.2, -0.15) is 0 Å². The Balaban J connectivity index is 2.13. The van der Waals surface area contributed by atoms with E-state index in [4.69, 9.17) is 9.47 Å². The molecule has 2 rings (SSSR count). The summed E-state index contributed by atoms with van der Waals surface area (Å²) in [6.45, 7) is 3.23. The molecule has 4 nitrogen and oxygen atoms in total. The van der Waals surface area contributed by atoms with Crippen molar-refractivity contribution in [3.05, 3.63) is 29.8 Å². The predicted octanol–water partition coefficient (Wildman–Crippen LogP) is 2.32. The van der Waals surface area contributed by atoms with Crippen molar-refractivity contribution < 1.29 is 14.3 Å². The first-order valence-corrected chi connectivity index (χ1v) is 7.41. The third-order valence-electron chi connectivity index (χ3n) is 3.10. The first-order valence-electron chi connectivity index (χ1n) is 6.28. The third kappa shape index (κ3) is 3.48. The lowest BCUT2D eigenvalue weighted by Crippen LogP contribution is -2.49. The largest absolute Gasteiger partial charge is 0.497 e. The van der Waals surface area contributed by atoms with Crippen molar-refractivity contribution in [1.29, 1.82) is 0 Å². The van der Waals surface area contributed by atoms with Gasteiger partial charge >= 0.3 is 0 Å². The topological polar surface area (TPSA) is 38.8 Å². The normalized spacial score (nSPS) is 23.2. The Kier molecular flexibility index (Phi) is 4.82. The van der Waals surface area contributed by atoms with Crippen LogP contribution in [-0.2, 0) is 4.74 Å². The van der Waals surface area contributed by atoms with Crippen molar-refractivity contribution in [2.45, 2.75) is 19.1 Å². The molecule has 1 aliphatic heterocycles. The van der Waals surface area contributed by atoms with Gasteiger partial charge in [-0.3, -0.25) is 4.79 Å². The standard InChI is InChI=1S/C14H18BrNO3/c1-10-8-16(9-13(7-15)19-10)14(17)11-4-3-5-12(6-11)18-2/h3-6,10,13H,7-9H2,1-2H3. The lowest BCUT2D eigenvalue weighted by atomic mass is 10.1. The van der Waals surface area contributed by atoms with Gasteiger partial charge in [-0.05, 0) is 25.1 Å². The first kappa shape index (κ1) is 14.3. The molecule has 1 heterocycles. The van der Waals surface area contributed by atoms with E-state index in [-0.39, 0.29) is 18.1 Å². The average molecular weight is 328 g/mol. The maximum atomic E-state index is 12.5. The molecule has 1 aliphatic rings. The second kappa shape index (κ2) is 6.39. The minimum absolute atomic E-state index is 0.0278. The van der Waals surface area contributed by atoms with Crippen molar-refractivity contribution in [1.82, 2.24) is 4.90 Å². The number of hydrogen-bond donors (Lipinski definition) is 0. The van der Waals surface area contributed by atoms with Gasteiger partial charge in [0, 0.05) is 24.0 Å². The maximum Gasteiger partial charge on any atom is 0.254 e. The van der Waals surface area contributed by atoms with Crippen LogP contribution in [0.5, 0.6) is 5.75 Å². The summed E-state index contributed by atoms with van der Waals surface area (Å²) in [5, 5.41) is 0.735. The zero-order valence-electron chi connectivity index (χ0n) is 11.1. The van der Waals surface area contributed by atoms with Gasteiger partial charge in [0.2, 0.25) is 0 Å². The number of nitrogens with zero attached hydrogens (tertiary/aromatic N) is 1. The highest BCUT2D eigenvalue weighted by Gasteiger charge is 2.28. The SMILES string of the molecule is COc1cccc(C(=O)N2CC(C)OC(CBr)C2)c1. The van der Waals surface area contributed by atoms with Crippen molar-refractivity contribution >= 4 is 21.8 Å². The quantitative estimate of drug-likeness (QED) is 0.800. The smallest absolute Gasteiger partial charge is 0.254 e. The summed E-state index contributed by atoms with van der Waals surface area (Å²) in [7, 11) is 1.60. The van der Waals surface area contributed by atoms with E-state index in [0.29, 0.717) is 24.4 Å². The number of alkyl halides is 1. The van der Waals surface area contributed by atoms with Crippen molar-refractivity contribution in [2.75, 3.05) is 25.5 Å². The van der Waals surface area contributed by atoms with Crippen LogP contribution in [0.2, 0.25) is 0 Å². The second-order valence-electron chi connectivity index (χ2n) is 4.67. The first-order chi connectivity index (χ1) is 9.13. The number of methoxy groups -OCH3 is 1. The highest BCUT2D eigenvalue weighted by molar-refractivity contribution is 9.09. The molecule has 0 radical (unpaired) electrons. The fraction of sp³-hybridized carbons (Fsp3) is 0.500. The Morgan fingerprint density at radius 1 is 1.53 bits per heavy atom. The summed E-state index contributed by atoms with van der Waals surface area (Å²) in [5.74, 6) is 0.726. The lowest BCUT2D eigenvalue weighted by Gasteiger charge is -2.36. The molecular formula is C14H18BrNO3. The Bertz CT molecular complexity index is 452. The highest BCUT2D eigenvalue weighted by Crippen LogP contribution is 2.18. The molecule has 2 atom stereocenters. The molecule has 0 aliphatic carbocycles. The number of morpholine rings is 1. The Morgan fingerprint density at radius 2 is 2.32 bits per heavy atom. The van der Waals surface area contributed by atoms with E-state index in [2.05, 4.69) is 15.9 Å². The van der Waals surface area contributed by atoms with Gasteiger partial charge in [0.25, 0.3) is 5.91 Å². The molecule has 1 saturated heterocycles. The average Bonchev–Trinajstić information content (AvgIpc) is 2.45. The third-order valence-corrected chi connectivity index (χ3v) is 3.82. The molecule has 2 unspecified atom stereocenters. The van der Waals surface area contributed by atoms with Crippen LogP contribution in [-0.4, -0.2) is 48.5 Å². The number of halogens is 1. The molecule has 5 heteroatoms. The monoisotopic (exact) mass is 327 g/mol. The Labute approximate surface area is 121 Å². The number of benzene rings is 1. The van der Waals surface area contributed by atoms with Crippen LogP contribution in [0.15, 0.2) is 24.3 Å². The van der Waals surface area contributed by atoms with Gasteiger partial charge in [0.15, 0.2) is 0 Å². The molecule has 0 saturated carbocycles. The van der Waals surface area contributed by atoms with Crippen LogP contribution in [0, 0.1) is 0 Å². The van der Waals surface area contributed by atoms with Gasteiger partial charge in [-0.15, -0.1) is 0 Å². The van der Waals surface area contributed by atoms with Gasteiger partial charge in [0.1, 0.15) is 5.75 Å². The number of hydrogen-bond acceptors (Lipinski definition) is 3. The summed E-state index contributed by atoms with van der Waals surface area (Å²) < 4.78 is 10.9. The fourth-order valence-corrected chi connectivity index (χ4v) is 2.59. The van der Waals surface area contributed by atoms with Crippen molar-refractivity contribution in [2.24, 2.45) is 0 Å². The summed E-state index contributed by atoms with van der Waals surface area (Å²) in [6.07, 6.45) is 0.115. The van der Waals surface area contributed by atoms with Crippen LogP contribution in [0.3, 0.4) is 0 Å². The van der Waals surface area contributed by atoms with Gasteiger partial charge in [-0.1, -0.05) is 22.0 Å². The molecule has 0 spiro atoms. The second-order valence-corrected chi connectivity index (χ2v) is 5.31. The van der Waals surface area contributed by atoms with E-state index >= 15 is 0 Å². The van der Waals surface area contributed by atoms with Crippen LogP contribution >= 0.6 is 15.9 Å². The number of ether oxygens (including phenoxy) is 2. The summed E-state index contributed by atoms with van der Waals surface area (Å²) in [5.41, 5.74) is 0.654. The highest BCUT2D eigenvalue weighted by atomic mass is 79.9. The van der Waals surface area contributed by atoms with Crippen LogP contribution < -0.4 is 4.74 Å². The van der Waals surface area contributed by atoms with E-state index in [1.54, 1.807) is 13.2 Å². The van der Waals surface area contributed by atoms with Crippen LogP contribution in [0.25, 0.3) is 0 Å². The van der Waals surface area contributed by atoms with Crippen molar-refractivity contribution in [3.8, 4) is 5.75 Å². The molecule has 0 bridgehead atoms. The molecule has 19 heavy (non-hydrogen) atoms. The minimum Gasteiger partial charge on any atom is -0.497 e. The Morgan fingerprint density at radius 3 is 3.00 bits per heavy atom. The van der Waals surface area contributed by atoms with E-state index < -0.39 is 0 Å². The molecule has 1 amide bonds. The number of rotatable bonds is 3. The summed E-state index contributed by atoms with van der Waals surface area (Å²) in [4.78, 5) is 14.3. The maximum absolute atomic E-state index is 12.5. The van der Waals surface area contributed by atoms with E-state index in [1.165, 1.54) is 0 Å². The van der Waals surface area contributed by atoms with Crippen molar-refractivity contribution in [3.63, 3.8) is 0 Å². The molecule has 1 aromatic carbocycles. The molecule has 1 fully saturated rings. The number of amides is 1. The molecule has 1 aromatic rings. The van der Waals surface area contributed by atoms with Gasteiger partial charge < -0.3 is 14.4 Å². The molecule has 104 valence electrons. The van der Waals surface area contributed by atoms with Crippen LogP contribution in [0.1, 0.15) is 17.3 Å². The lowest BCUT2D eigenvalue weighted by molar-refractivity contribution is -0.0559. The van der Waals surface area contributed by atoms with E-state index in [0.717, 1.165) is 5.33 Å². The zero-order valence-corrected chi connectivity index (χ0v) is 12.7. The number of carbonyl (C=O) groups is 1. The zero-order chi connectivity index (χ0) is 13.8. The molecule has 0 N–H and O–H groups in total. The van der Waals surface area contributed by atoms with E-state index in [9.17, 15) is 4.79 Å². The summed E-state index contributed by atoms with van der Waals surface area (Å²) >= 11 is 3.41. The van der Waals surface area contributed by atoms with Gasteiger partial charge in [-0.25, -0.2) is 0 Å². The fourth-order valence-electron chi connectivity index (χ4n) is 2.23. The van der Waals surface area contributed by atoms with Crippen LogP contribution in [0.4, 0.5) is 0 Å².